The van der Waals surface area contributed by atoms with Gasteiger partial charge < -0.3 is 25.2 Å². The van der Waals surface area contributed by atoms with Crippen LogP contribution in [0.5, 0.6) is 0 Å². The lowest BCUT2D eigenvalue weighted by Crippen LogP contribution is -2.16. The van der Waals surface area contributed by atoms with Crippen molar-refractivity contribution in [1.29, 1.82) is 0 Å². The minimum Gasteiger partial charge on any atom is -0.481 e. The van der Waals surface area contributed by atoms with Crippen molar-refractivity contribution < 1.29 is 19.8 Å². The first kappa shape index (κ1) is 28.7. The summed E-state index contributed by atoms with van der Waals surface area (Å²) in [6.45, 7) is 16.2. The number of H-pyrrole nitrogens is 3. The molecule has 42 heavy (non-hydrogen) atoms. The van der Waals surface area contributed by atoms with Crippen molar-refractivity contribution in [2.75, 3.05) is 0 Å². The van der Waals surface area contributed by atoms with Crippen LogP contribution < -0.4 is 10.7 Å². The lowest BCUT2D eigenvalue weighted by molar-refractivity contribution is -0.137. The molecular weight excluding hydrogens is 528 g/mol. The molecule has 5 N–H and O–H groups in total. The first-order chi connectivity index (χ1) is 20.0. The monoisotopic (exact) mass is 564 g/mol. The van der Waals surface area contributed by atoms with Crippen LogP contribution in [0, 0.1) is 20.8 Å². The highest BCUT2D eigenvalue weighted by atomic mass is 16.4. The van der Waals surface area contributed by atoms with E-state index in [2.05, 4.69) is 42.0 Å². The number of aromatic nitrogens is 3. The fraction of sp³-hybridized carbons (Fsp3) is 0.265. The summed E-state index contributed by atoms with van der Waals surface area (Å²) in [4.78, 5) is 38.8. The second kappa shape index (κ2) is 11.2. The van der Waals surface area contributed by atoms with Gasteiger partial charge in [0.1, 0.15) is 0 Å². The predicted octanol–water partition coefficient (Wildman–Crippen LogP) is 5.09. The van der Waals surface area contributed by atoms with Crippen LogP contribution in [0.25, 0.3) is 30.4 Å². The van der Waals surface area contributed by atoms with Gasteiger partial charge >= 0.3 is 11.9 Å². The summed E-state index contributed by atoms with van der Waals surface area (Å²) < 4.78 is 0. The summed E-state index contributed by atoms with van der Waals surface area (Å²) in [5, 5.41) is 20.5. The van der Waals surface area contributed by atoms with E-state index in [1.54, 1.807) is 0 Å². The molecule has 0 fully saturated rings. The second-order valence-corrected chi connectivity index (χ2v) is 11.0. The summed E-state index contributed by atoms with van der Waals surface area (Å²) in [6, 6.07) is 0. The number of nitrogens with one attached hydrogen (secondary N) is 3. The van der Waals surface area contributed by atoms with Crippen LogP contribution in [-0.4, -0.2) is 42.8 Å². The highest BCUT2D eigenvalue weighted by Gasteiger charge is 2.23. The molecule has 2 aliphatic rings. The molecule has 8 heteroatoms. The van der Waals surface area contributed by atoms with E-state index in [1.165, 1.54) is 0 Å². The maximum atomic E-state index is 11.5. The summed E-state index contributed by atoms with van der Waals surface area (Å²) in [5.41, 5.74) is 13.2. The number of allylic oxidation sites excluding steroid dienone is 2. The van der Waals surface area contributed by atoms with E-state index in [-0.39, 0.29) is 12.8 Å². The van der Waals surface area contributed by atoms with Gasteiger partial charge in [0.25, 0.3) is 0 Å². The number of carboxylic acids is 2. The lowest BCUT2D eigenvalue weighted by atomic mass is 9.99. The SMILES string of the molecule is C=Cc1c2[nH]c(c1C)Cc1[nH]c(c(C)c1C=C)C=C1N=C(C=c3[nH]c(c(C)c3CCC(=O)O)=C2)C(CCC(=O)O)=C1C. The van der Waals surface area contributed by atoms with E-state index in [4.69, 9.17) is 4.99 Å². The van der Waals surface area contributed by atoms with E-state index < -0.39 is 11.9 Å². The van der Waals surface area contributed by atoms with Gasteiger partial charge in [0, 0.05) is 58.3 Å². The normalized spacial score (nSPS) is 14.2. The van der Waals surface area contributed by atoms with Crippen LogP contribution >= 0.6 is 0 Å². The molecule has 3 aromatic rings. The van der Waals surface area contributed by atoms with Crippen molar-refractivity contribution in [2.24, 2.45) is 4.99 Å². The predicted molar refractivity (Wildman–Crippen MR) is 168 cm³/mol. The average Bonchev–Trinajstić information content (AvgIpc) is 3.59. The third kappa shape index (κ3) is 5.16. The number of aromatic amines is 3. The Morgan fingerprint density at radius 2 is 1.48 bits per heavy atom. The number of carboxylic acid groups (broad SMARTS) is 2. The number of fused-ring (bicyclic) bond motifs is 7. The first-order valence-corrected chi connectivity index (χ1v) is 14.0. The first-order valence-electron chi connectivity index (χ1n) is 14.0. The third-order valence-electron chi connectivity index (χ3n) is 8.48. The van der Waals surface area contributed by atoms with Gasteiger partial charge in [-0.05, 0) is 97.7 Å². The molecule has 0 amide bonds. The lowest BCUT2D eigenvalue weighted by Gasteiger charge is -2.04. The van der Waals surface area contributed by atoms with Gasteiger partial charge in [-0.15, -0.1) is 0 Å². The standard InChI is InChI=1S/C34H36N4O4/c1-7-21-17(3)25-13-26-19(5)23(9-11-33(39)40)31(37-26)16-32-24(10-12-34(41)42)20(6)28(38-32)15-30-22(8-2)18(4)27(36-30)14-29(21)35-25/h7-8,13,15-16,35-36,38H,1-2,9-12,14H2,3-6H3,(H,39,40)(H,41,42). The third-order valence-corrected chi connectivity index (χ3v) is 8.48. The van der Waals surface area contributed by atoms with E-state index in [0.717, 1.165) is 83.7 Å². The molecule has 0 atom stereocenters. The maximum Gasteiger partial charge on any atom is 0.303 e. The fourth-order valence-corrected chi connectivity index (χ4v) is 6.03. The van der Waals surface area contributed by atoms with Gasteiger partial charge in [-0.25, -0.2) is 4.99 Å². The molecule has 0 aliphatic carbocycles. The number of aliphatic carboxylic acids is 2. The van der Waals surface area contributed by atoms with E-state index in [1.807, 2.05) is 44.2 Å². The van der Waals surface area contributed by atoms with Crippen molar-refractivity contribution in [3.63, 3.8) is 0 Å². The number of nitrogens with zero attached hydrogens (tertiary/aromatic N) is 1. The zero-order valence-electron chi connectivity index (χ0n) is 24.5. The molecule has 8 bridgehead atoms. The van der Waals surface area contributed by atoms with Gasteiger partial charge in [-0.3, -0.25) is 9.59 Å². The van der Waals surface area contributed by atoms with Gasteiger partial charge in [0.05, 0.1) is 11.4 Å². The topological polar surface area (TPSA) is 134 Å². The number of hydrogen-bond acceptors (Lipinski definition) is 3. The maximum absolute atomic E-state index is 11.5. The minimum atomic E-state index is -0.876. The highest BCUT2D eigenvalue weighted by molar-refractivity contribution is 6.23. The molecular formula is C34H36N4O4. The largest absolute Gasteiger partial charge is 0.481 e. The van der Waals surface area contributed by atoms with Crippen molar-refractivity contribution in [2.45, 2.75) is 59.8 Å². The van der Waals surface area contributed by atoms with Crippen molar-refractivity contribution >= 4 is 48.0 Å². The van der Waals surface area contributed by atoms with Gasteiger partial charge in [0.15, 0.2) is 0 Å². The van der Waals surface area contributed by atoms with Crippen LogP contribution in [0.15, 0.2) is 35.0 Å². The Labute approximate surface area is 244 Å². The zero-order chi connectivity index (χ0) is 30.3. The van der Waals surface area contributed by atoms with Gasteiger partial charge in [-0.1, -0.05) is 25.3 Å². The zero-order valence-corrected chi connectivity index (χ0v) is 24.5. The molecule has 5 heterocycles. The molecule has 0 unspecified atom stereocenters. The van der Waals surface area contributed by atoms with Gasteiger partial charge in [0.2, 0.25) is 0 Å². The van der Waals surface area contributed by atoms with Crippen molar-refractivity contribution in [3.8, 4) is 0 Å². The number of rotatable bonds is 8. The number of aliphatic imine (C=N–C) groups is 1. The summed E-state index contributed by atoms with van der Waals surface area (Å²) >= 11 is 0. The van der Waals surface area contributed by atoms with Crippen molar-refractivity contribution in [1.82, 2.24) is 15.0 Å². The molecule has 0 spiro atoms. The molecule has 3 aromatic heterocycles. The van der Waals surface area contributed by atoms with Crippen LogP contribution in [0.1, 0.15) is 82.3 Å². The molecule has 216 valence electrons. The number of hydrogen-bond donors (Lipinski definition) is 5. The number of carbonyl (C=O) groups is 2. The molecule has 0 saturated heterocycles. The molecule has 2 aliphatic heterocycles. The van der Waals surface area contributed by atoms with Crippen LogP contribution in [0.2, 0.25) is 0 Å². The smallest absolute Gasteiger partial charge is 0.303 e. The molecule has 8 nitrogen and oxygen atoms in total. The highest BCUT2D eigenvalue weighted by Crippen LogP contribution is 2.33. The Kier molecular flexibility index (Phi) is 7.65. The Hall–Kier alpha value is -4.85. The molecule has 0 saturated carbocycles. The molecule has 0 aromatic carbocycles. The van der Waals surface area contributed by atoms with Crippen LogP contribution in [-0.2, 0) is 22.4 Å². The Bertz CT molecular complexity index is 1880. The van der Waals surface area contributed by atoms with Crippen LogP contribution in [0.3, 0.4) is 0 Å². The minimum absolute atomic E-state index is 0.0130. The Morgan fingerprint density at radius 1 is 0.810 bits per heavy atom. The van der Waals surface area contributed by atoms with E-state index >= 15 is 0 Å². The summed E-state index contributed by atoms with van der Waals surface area (Å²) in [6.07, 6.45) is 11.0. The second-order valence-electron chi connectivity index (χ2n) is 11.0. The van der Waals surface area contributed by atoms with Gasteiger partial charge in [-0.2, -0.15) is 0 Å². The fourth-order valence-electron chi connectivity index (χ4n) is 6.03. The average molecular weight is 565 g/mol. The molecule has 5 rings (SSSR count). The van der Waals surface area contributed by atoms with Crippen molar-refractivity contribution in [3.05, 3.63) is 96.9 Å². The van der Waals surface area contributed by atoms with E-state index in [9.17, 15) is 19.8 Å². The quantitative estimate of drug-likeness (QED) is 0.261. The Balaban J connectivity index is 1.84. The van der Waals surface area contributed by atoms with E-state index in [0.29, 0.717) is 25.0 Å². The van der Waals surface area contributed by atoms with Crippen LogP contribution in [0.4, 0.5) is 0 Å². The Morgan fingerprint density at radius 3 is 2.14 bits per heavy atom. The molecule has 0 radical (unpaired) electrons. The summed E-state index contributed by atoms with van der Waals surface area (Å²) in [7, 11) is 0. The summed E-state index contributed by atoms with van der Waals surface area (Å²) in [5.74, 6) is -1.75.